The van der Waals surface area contributed by atoms with Crippen molar-refractivity contribution in [2.75, 3.05) is 5.32 Å². The van der Waals surface area contributed by atoms with Gasteiger partial charge in [-0.3, -0.25) is 4.79 Å². The highest BCUT2D eigenvalue weighted by atomic mass is 19.4. The summed E-state index contributed by atoms with van der Waals surface area (Å²) in [5.41, 5.74) is 2.77. The van der Waals surface area contributed by atoms with E-state index < -0.39 is 24.2 Å². The summed E-state index contributed by atoms with van der Waals surface area (Å²) in [7, 11) is 0. The van der Waals surface area contributed by atoms with Crippen LogP contribution in [0.2, 0.25) is 0 Å². The van der Waals surface area contributed by atoms with Crippen LogP contribution in [0.1, 0.15) is 22.7 Å². The van der Waals surface area contributed by atoms with Crippen LogP contribution in [0, 0.1) is 6.92 Å². The van der Waals surface area contributed by atoms with Gasteiger partial charge < -0.3 is 10.6 Å². The summed E-state index contributed by atoms with van der Waals surface area (Å²) in [6.07, 6.45) is -4.18. The maximum atomic E-state index is 13.3. The van der Waals surface area contributed by atoms with E-state index in [-0.39, 0.29) is 5.56 Å². The number of carbonyl (C=O) groups excluding carboxylic acids is 1. The molecular formula is C18H17F3N2O. The molecule has 0 fully saturated rings. The number of carbonyl (C=O) groups is 1. The van der Waals surface area contributed by atoms with E-state index in [1.165, 1.54) is 24.3 Å². The van der Waals surface area contributed by atoms with E-state index in [0.717, 1.165) is 16.8 Å². The minimum absolute atomic E-state index is 0.0186. The lowest BCUT2D eigenvalue weighted by molar-refractivity contribution is -0.163. The molecule has 6 heteroatoms. The first kappa shape index (κ1) is 16.4. The van der Waals surface area contributed by atoms with E-state index in [9.17, 15) is 18.0 Å². The Bertz CT molecular complexity index is 744. The lowest BCUT2D eigenvalue weighted by Crippen LogP contribution is -2.45. The second kappa shape index (κ2) is 6.19. The quantitative estimate of drug-likeness (QED) is 0.897. The molecule has 0 spiro atoms. The van der Waals surface area contributed by atoms with Crippen LogP contribution in [-0.4, -0.2) is 18.1 Å². The zero-order valence-corrected chi connectivity index (χ0v) is 13.0. The average Bonchev–Trinajstić information content (AvgIpc) is 2.98. The van der Waals surface area contributed by atoms with E-state index in [2.05, 4.69) is 10.6 Å². The zero-order chi connectivity index (χ0) is 17.3. The first-order valence-corrected chi connectivity index (χ1v) is 7.63. The number of nitrogens with one attached hydrogen (secondary N) is 2. The van der Waals surface area contributed by atoms with Crippen molar-refractivity contribution in [1.29, 1.82) is 0 Å². The largest absolute Gasteiger partial charge is 0.412 e. The Labute approximate surface area is 137 Å². The van der Waals surface area contributed by atoms with Crippen molar-refractivity contribution in [1.82, 2.24) is 5.32 Å². The molecule has 2 aromatic carbocycles. The second-order valence-electron chi connectivity index (χ2n) is 5.90. The Kier molecular flexibility index (Phi) is 4.22. The fraction of sp³-hybridized carbons (Fsp3) is 0.278. The van der Waals surface area contributed by atoms with Crippen molar-refractivity contribution in [3.8, 4) is 0 Å². The van der Waals surface area contributed by atoms with Crippen LogP contribution in [0.4, 0.5) is 18.9 Å². The predicted molar refractivity (Wildman–Crippen MR) is 85.7 cm³/mol. The summed E-state index contributed by atoms with van der Waals surface area (Å²) in [6, 6.07) is 10.3. The minimum Gasteiger partial charge on any atom is -0.373 e. The average molecular weight is 334 g/mol. The predicted octanol–water partition coefficient (Wildman–Crippen LogP) is 3.75. The molecule has 3 nitrogen and oxygen atoms in total. The first-order valence-electron chi connectivity index (χ1n) is 7.63. The van der Waals surface area contributed by atoms with Crippen molar-refractivity contribution < 1.29 is 18.0 Å². The fourth-order valence-corrected chi connectivity index (χ4v) is 2.95. The highest BCUT2D eigenvalue weighted by Gasteiger charge is 2.43. The lowest BCUT2D eigenvalue weighted by atomic mass is 10.0. The van der Waals surface area contributed by atoms with Gasteiger partial charge in [0.05, 0.1) is 0 Å². The molecule has 126 valence electrons. The Balaban J connectivity index is 1.77. The van der Waals surface area contributed by atoms with Crippen molar-refractivity contribution in [3.63, 3.8) is 0 Å². The van der Waals surface area contributed by atoms with Gasteiger partial charge in [-0.25, -0.2) is 0 Å². The summed E-state index contributed by atoms with van der Waals surface area (Å²) in [5.74, 6) is -0.656. The van der Waals surface area contributed by atoms with Crippen molar-refractivity contribution in [2.24, 2.45) is 0 Å². The third kappa shape index (κ3) is 3.22. The maximum Gasteiger partial charge on any atom is 0.412 e. The van der Waals surface area contributed by atoms with E-state index in [0.29, 0.717) is 6.42 Å². The normalized spacial score (nSPS) is 17.8. The molecule has 2 N–H and O–H groups in total. The second-order valence-corrected chi connectivity index (χ2v) is 5.90. The van der Waals surface area contributed by atoms with Gasteiger partial charge in [-0.15, -0.1) is 0 Å². The monoisotopic (exact) mass is 334 g/mol. The molecule has 2 atom stereocenters. The van der Waals surface area contributed by atoms with Gasteiger partial charge in [0, 0.05) is 12.1 Å². The van der Waals surface area contributed by atoms with Gasteiger partial charge in [-0.1, -0.05) is 48.5 Å². The maximum absolute atomic E-state index is 13.3. The highest BCUT2D eigenvalue weighted by Crippen LogP contribution is 2.34. The Morgan fingerprint density at radius 3 is 2.50 bits per heavy atom. The molecule has 2 aromatic rings. The highest BCUT2D eigenvalue weighted by molar-refractivity contribution is 5.88. The molecule has 1 heterocycles. The third-order valence-electron chi connectivity index (χ3n) is 4.17. The van der Waals surface area contributed by atoms with Crippen LogP contribution in [0.3, 0.4) is 0 Å². The van der Waals surface area contributed by atoms with Crippen LogP contribution in [0.15, 0.2) is 48.5 Å². The van der Waals surface area contributed by atoms with Gasteiger partial charge in [-0.2, -0.15) is 13.2 Å². The molecule has 1 aliphatic heterocycles. The topological polar surface area (TPSA) is 41.1 Å². The molecule has 1 amide bonds. The standard InChI is InChI=1S/C18H17F3N2O/c1-11-6-5-9-13-10-14(22-15(11)13)17(24)23-16(18(19,20)21)12-7-3-2-4-8-12/h2-9,14,16,22H,10H2,1H3,(H,23,24)/t14?,16-/m0/s1. The summed E-state index contributed by atoms with van der Waals surface area (Å²) >= 11 is 0. The van der Waals surface area contributed by atoms with E-state index in [1.807, 2.05) is 25.1 Å². The van der Waals surface area contributed by atoms with Crippen molar-refractivity contribution in [3.05, 3.63) is 65.2 Å². The number of anilines is 1. The molecule has 0 aliphatic carbocycles. The summed E-state index contributed by atoms with van der Waals surface area (Å²) in [6.45, 7) is 1.90. The Morgan fingerprint density at radius 1 is 1.17 bits per heavy atom. The molecule has 24 heavy (non-hydrogen) atoms. The smallest absolute Gasteiger partial charge is 0.373 e. The number of fused-ring (bicyclic) bond motifs is 1. The van der Waals surface area contributed by atoms with E-state index in [4.69, 9.17) is 0 Å². The number of alkyl halides is 3. The summed E-state index contributed by atoms with van der Waals surface area (Å²) in [5, 5.41) is 5.17. The number of benzene rings is 2. The van der Waals surface area contributed by atoms with Crippen molar-refractivity contribution >= 4 is 11.6 Å². The zero-order valence-electron chi connectivity index (χ0n) is 13.0. The number of hydrogen-bond acceptors (Lipinski definition) is 2. The van der Waals surface area contributed by atoms with Crippen molar-refractivity contribution in [2.45, 2.75) is 31.6 Å². The van der Waals surface area contributed by atoms with E-state index in [1.54, 1.807) is 6.07 Å². The Hall–Kier alpha value is -2.50. The summed E-state index contributed by atoms with van der Waals surface area (Å²) in [4.78, 5) is 12.4. The molecule has 0 saturated heterocycles. The molecule has 0 aromatic heterocycles. The SMILES string of the molecule is Cc1cccc2c1NC(C(=O)N[C@@H](c1ccccc1)C(F)(F)F)C2. The van der Waals surface area contributed by atoms with Gasteiger partial charge >= 0.3 is 6.18 Å². The fourth-order valence-electron chi connectivity index (χ4n) is 2.95. The number of aryl methyl sites for hydroxylation is 1. The summed E-state index contributed by atoms with van der Waals surface area (Å²) < 4.78 is 40.0. The minimum atomic E-state index is -4.56. The molecular weight excluding hydrogens is 317 g/mol. The van der Waals surface area contributed by atoms with Crippen LogP contribution in [-0.2, 0) is 11.2 Å². The molecule has 3 rings (SSSR count). The number of halogens is 3. The van der Waals surface area contributed by atoms with Gasteiger partial charge in [0.15, 0.2) is 6.04 Å². The Morgan fingerprint density at radius 2 is 1.88 bits per heavy atom. The van der Waals surface area contributed by atoms with Crippen LogP contribution < -0.4 is 10.6 Å². The van der Waals surface area contributed by atoms with Gasteiger partial charge in [-0.05, 0) is 23.6 Å². The first-order chi connectivity index (χ1) is 11.4. The van der Waals surface area contributed by atoms with Crippen LogP contribution in [0.25, 0.3) is 0 Å². The third-order valence-corrected chi connectivity index (χ3v) is 4.17. The molecule has 0 bridgehead atoms. The number of amides is 1. The number of hydrogen-bond donors (Lipinski definition) is 2. The van der Waals surface area contributed by atoms with E-state index >= 15 is 0 Å². The molecule has 1 aliphatic rings. The number of para-hydroxylation sites is 1. The lowest BCUT2D eigenvalue weighted by Gasteiger charge is -2.24. The van der Waals surface area contributed by atoms with Crippen LogP contribution in [0.5, 0.6) is 0 Å². The van der Waals surface area contributed by atoms with Crippen LogP contribution >= 0.6 is 0 Å². The van der Waals surface area contributed by atoms with Gasteiger partial charge in [0.25, 0.3) is 0 Å². The van der Waals surface area contributed by atoms with Gasteiger partial charge in [0.1, 0.15) is 6.04 Å². The van der Waals surface area contributed by atoms with Gasteiger partial charge in [0.2, 0.25) is 5.91 Å². The number of rotatable bonds is 3. The molecule has 0 radical (unpaired) electrons. The molecule has 0 saturated carbocycles. The molecule has 1 unspecified atom stereocenters.